The maximum absolute atomic E-state index is 12.1. The van der Waals surface area contributed by atoms with Crippen LogP contribution in [0.5, 0.6) is 0 Å². The Labute approximate surface area is 160 Å². The van der Waals surface area contributed by atoms with Crippen molar-refractivity contribution in [3.8, 4) is 0 Å². The number of hydrogen-bond donors (Lipinski definition) is 1. The number of hydrogen-bond acceptors (Lipinski definition) is 4. The largest absolute Gasteiger partial charge is 0.481 e. The van der Waals surface area contributed by atoms with E-state index in [0.29, 0.717) is 35.9 Å². The average Bonchev–Trinajstić information content (AvgIpc) is 2.96. The molecule has 0 aliphatic heterocycles. The minimum Gasteiger partial charge on any atom is -0.481 e. The van der Waals surface area contributed by atoms with Crippen LogP contribution in [0.4, 0.5) is 0 Å². The van der Waals surface area contributed by atoms with Crippen LogP contribution >= 0.6 is 0 Å². The summed E-state index contributed by atoms with van der Waals surface area (Å²) >= 11 is 0. The van der Waals surface area contributed by atoms with Crippen molar-refractivity contribution in [2.45, 2.75) is 77.2 Å². The Bertz CT molecular complexity index is 680. The van der Waals surface area contributed by atoms with E-state index in [1.165, 1.54) is 5.57 Å². The van der Waals surface area contributed by atoms with Crippen molar-refractivity contribution in [2.75, 3.05) is 0 Å². The highest BCUT2D eigenvalue weighted by molar-refractivity contribution is 5.91. The second-order valence-corrected chi connectivity index (χ2v) is 9.30. The van der Waals surface area contributed by atoms with Crippen LogP contribution in [0.2, 0.25) is 0 Å². The van der Waals surface area contributed by atoms with E-state index < -0.39 is 5.97 Å². The van der Waals surface area contributed by atoms with Gasteiger partial charge in [0.25, 0.3) is 0 Å². The molecule has 27 heavy (non-hydrogen) atoms. The van der Waals surface area contributed by atoms with Crippen LogP contribution in [-0.4, -0.2) is 28.9 Å². The standard InChI is InChI=1S/C22H30O5/c1-22-11-10-16-15-5-3-14(23)12-13(15)2-4-17(16)18(22)6-7-19(22)27-21(26)9-8-20(24)25/h12,15-19H,2-11H2,1H3,(H,24,25)/t15-,16-,17+,18-,19+,22+/m1/s1. The number of fused-ring (bicyclic) bond motifs is 5. The fraction of sp³-hybridized carbons (Fsp3) is 0.773. The molecule has 0 heterocycles. The molecule has 4 rings (SSSR count). The van der Waals surface area contributed by atoms with E-state index in [2.05, 4.69) is 6.92 Å². The molecule has 148 valence electrons. The second-order valence-electron chi connectivity index (χ2n) is 9.30. The summed E-state index contributed by atoms with van der Waals surface area (Å²) in [5, 5.41) is 8.77. The van der Waals surface area contributed by atoms with Gasteiger partial charge in [0.1, 0.15) is 6.10 Å². The molecule has 1 N–H and O–H groups in total. The first-order valence-electron chi connectivity index (χ1n) is 10.5. The van der Waals surface area contributed by atoms with Crippen LogP contribution in [0.25, 0.3) is 0 Å². The van der Waals surface area contributed by atoms with E-state index in [0.717, 1.165) is 44.9 Å². The number of carbonyl (C=O) groups is 3. The Balaban J connectivity index is 1.45. The zero-order valence-corrected chi connectivity index (χ0v) is 16.1. The summed E-state index contributed by atoms with van der Waals surface area (Å²) in [4.78, 5) is 34.6. The molecule has 0 radical (unpaired) electrons. The van der Waals surface area contributed by atoms with Gasteiger partial charge in [0.15, 0.2) is 5.78 Å². The maximum atomic E-state index is 12.1. The van der Waals surface area contributed by atoms with Gasteiger partial charge in [-0.05, 0) is 74.7 Å². The van der Waals surface area contributed by atoms with E-state index in [4.69, 9.17) is 9.84 Å². The van der Waals surface area contributed by atoms with Crippen LogP contribution in [0.3, 0.4) is 0 Å². The van der Waals surface area contributed by atoms with E-state index in [9.17, 15) is 14.4 Å². The number of carboxylic acids is 1. The van der Waals surface area contributed by atoms with E-state index in [1.54, 1.807) is 0 Å². The zero-order chi connectivity index (χ0) is 19.2. The Kier molecular flexibility index (Phi) is 4.89. The van der Waals surface area contributed by atoms with Crippen molar-refractivity contribution >= 4 is 17.7 Å². The molecule has 0 unspecified atom stereocenters. The zero-order valence-electron chi connectivity index (χ0n) is 16.1. The van der Waals surface area contributed by atoms with Crippen molar-refractivity contribution in [1.29, 1.82) is 0 Å². The summed E-state index contributed by atoms with van der Waals surface area (Å²) in [5.74, 6) is 1.48. The van der Waals surface area contributed by atoms with Gasteiger partial charge in [-0.2, -0.15) is 0 Å². The number of ether oxygens (including phenoxy) is 1. The van der Waals surface area contributed by atoms with Crippen molar-refractivity contribution in [3.05, 3.63) is 11.6 Å². The Morgan fingerprint density at radius 2 is 1.93 bits per heavy atom. The molecule has 0 spiro atoms. The topological polar surface area (TPSA) is 80.7 Å². The quantitative estimate of drug-likeness (QED) is 0.755. The Morgan fingerprint density at radius 3 is 2.70 bits per heavy atom. The molecule has 4 aliphatic rings. The Hall–Kier alpha value is -1.65. The molecule has 5 nitrogen and oxygen atoms in total. The third-order valence-electron chi connectivity index (χ3n) is 8.03. The van der Waals surface area contributed by atoms with Gasteiger partial charge in [0.2, 0.25) is 0 Å². The molecule has 4 aliphatic carbocycles. The summed E-state index contributed by atoms with van der Waals surface area (Å²) in [6.45, 7) is 2.28. The van der Waals surface area contributed by atoms with E-state index in [1.807, 2.05) is 6.08 Å². The van der Waals surface area contributed by atoms with Crippen LogP contribution in [0, 0.1) is 29.1 Å². The molecule has 0 amide bonds. The van der Waals surface area contributed by atoms with Crippen LogP contribution in [0.1, 0.15) is 71.1 Å². The van der Waals surface area contributed by atoms with Gasteiger partial charge in [-0.25, -0.2) is 0 Å². The van der Waals surface area contributed by atoms with Gasteiger partial charge < -0.3 is 9.84 Å². The van der Waals surface area contributed by atoms with Crippen molar-refractivity contribution in [2.24, 2.45) is 29.1 Å². The normalized spacial score (nSPS) is 40.4. The number of rotatable bonds is 4. The SMILES string of the molecule is C[C@]12CC[C@H]3[C@H](CCC4=CC(=O)CC[C@H]43)[C@H]1CC[C@@H]2OC(=O)CCC(=O)O. The number of carbonyl (C=O) groups excluding carboxylic acids is 2. The van der Waals surface area contributed by atoms with Gasteiger partial charge in [0.05, 0.1) is 12.8 Å². The molecule has 3 fully saturated rings. The lowest BCUT2D eigenvalue weighted by molar-refractivity contribution is -0.160. The smallest absolute Gasteiger partial charge is 0.306 e. The number of carboxylic acid groups (broad SMARTS) is 1. The first kappa shape index (κ1) is 18.7. The van der Waals surface area contributed by atoms with Crippen LogP contribution < -0.4 is 0 Å². The maximum Gasteiger partial charge on any atom is 0.306 e. The lowest BCUT2D eigenvalue weighted by Crippen LogP contribution is -2.48. The minimum absolute atomic E-state index is 0.0196. The molecule has 6 atom stereocenters. The van der Waals surface area contributed by atoms with Crippen LogP contribution in [0.15, 0.2) is 11.6 Å². The predicted octanol–water partition coefficient (Wildman–Crippen LogP) is 3.90. The third kappa shape index (κ3) is 3.34. The Morgan fingerprint density at radius 1 is 1.11 bits per heavy atom. The van der Waals surface area contributed by atoms with Crippen LogP contribution in [-0.2, 0) is 19.1 Å². The van der Waals surface area contributed by atoms with Gasteiger partial charge in [-0.3, -0.25) is 14.4 Å². The highest BCUT2D eigenvalue weighted by Gasteiger charge is 2.57. The third-order valence-corrected chi connectivity index (χ3v) is 8.03. The summed E-state index contributed by atoms with van der Waals surface area (Å²) < 4.78 is 5.78. The first-order chi connectivity index (χ1) is 12.9. The molecule has 0 aromatic heterocycles. The molecule has 0 saturated heterocycles. The van der Waals surface area contributed by atoms with Crippen molar-refractivity contribution in [3.63, 3.8) is 0 Å². The number of ketones is 1. The number of esters is 1. The number of aliphatic carboxylic acids is 1. The predicted molar refractivity (Wildman–Crippen MR) is 98.8 cm³/mol. The van der Waals surface area contributed by atoms with Crippen molar-refractivity contribution < 1.29 is 24.2 Å². The molecular weight excluding hydrogens is 344 g/mol. The molecular formula is C22H30O5. The lowest BCUT2D eigenvalue weighted by Gasteiger charge is -2.53. The summed E-state index contributed by atoms with van der Waals surface area (Å²) in [6, 6.07) is 0. The molecule has 0 bridgehead atoms. The van der Waals surface area contributed by atoms with Gasteiger partial charge in [-0.15, -0.1) is 0 Å². The van der Waals surface area contributed by atoms with Crippen molar-refractivity contribution in [1.82, 2.24) is 0 Å². The average molecular weight is 374 g/mol. The van der Waals surface area contributed by atoms with E-state index in [-0.39, 0.29) is 30.3 Å². The molecule has 3 saturated carbocycles. The second kappa shape index (κ2) is 7.06. The monoisotopic (exact) mass is 374 g/mol. The summed E-state index contributed by atoms with van der Waals surface area (Å²) in [7, 11) is 0. The molecule has 0 aromatic rings. The lowest BCUT2D eigenvalue weighted by atomic mass is 9.52. The fourth-order valence-corrected chi connectivity index (χ4v) is 6.75. The van der Waals surface area contributed by atoms with Gasteiger partial charge in [-0.1, -0.05) is 12.5 Å². The summed E-state index contributed by atoms with van der Waals surface area (Å²) in [6.07, 6.45) is 9.78. The van der Waals surface area contributed by atoms with Gasteiger partial charge in [0, 0.05) is 11.8 Å². The number of allylic oxidation sites excluding steroid dienone is 1. The minimum atomic E-state index is -0.958. The molecule has 5 heteroatoms. The fourth-order valence-electron chi connectivity index (χ4n) is 6.75. The highest BCUT2D eigenvalue weighted by atomic mass is 16.5. The van der Waals surface area contributed by atoms with Gasteiger partial charge >= 0.3 is 11.9 Å². The highest BCUT2D eigenvalue weighted by Crippen LogP contribution is 2.62. The first-order valence-corrected chi connectivity index (χ1v) is 10.5. The summed E-state index contributed by atoms with van der Waals surface area (Å²) in [5.41, 5.74) is 1.41. The van der Waals surface area contributed by atoms with E-state index >= 15 is 0 Å². The molecule has 0 aromatic carbocycles.